The average molecular weight is 187 g/mol. The molecule has 1 atom stereocenters. The molecule has 0 aromatic heterocycles. The van der Waals surface area contributed by atoms with E-state index in [2.05, 4.69) is 17.2 Å². The van der Waals surface area contributed by atoms with Gasteiger partial charge in [-0.1, -0.05) is 6.92 Å². The summed E-state index contributed by atoms with van der Waals surface area (Å²) in [6, 6.07) is 0. The minimum atomic E-state index is -0.633. The number of rotatable bonds is 6. The third-order valence-electron chi connectivity index (χ3n) is 1.43. The molecule has 0 aromatic carbocycles. The van der Waals surface area contributed by atoms with Gasteiger partial charge < -0.3 is 5.32 Å². The average Bonchev–Trinajstić information content (AvgIpc) is 2.10. The first-order valence-corrected chi connectivity index (χ1v) is 5.75. The van der Waals surface area contributed by atoms with E-state index >= 15 is 0 Å². The van der Waals surface area contributed by atoms with Gasteiger partial charge in [-0.15, -0.1) is 11.8 Å². The van der Waals surface area contributed by atoms with Crippen LogP contribution in [-0.2, 0) is 10.8 Å². The van der Waals surface area contributed by atoms with Gasteiger partial charge in [0.05, 0.1) is 0 Å². The van der Waals surface area contributed by atoms with Crippen LogP contribution in [0.1, 0.15) is 20.3 Å². The van der Waals surface area contributed by atoms with Gasteiger partial charge in [0.2, 0.25) is 0 Å². The summed E-state index contributed by atoms with van der Waals surface area (Å²) in [5.74, 6) is 7.31. The van der Waals surface area contributed by atoms with Crippen molar-refractivity contribution in [1.29, 1.82) is 0 Å². The SMILES string of the molecule is CC#CCCNCCS(=O)CC. The predicted molar refractivity (Wildman–Crippen MR) is 54.5 cm³/mol. The van der Waals surface area contributed by atoms with Crippen LogP contribution in [0.25, 0.3) is 0 Å². The van der Waals surface area contributed by atoms with Gasteiger partial charge >= 0.3 is 0 Å². The van der Waals surface area contributed by atoms with Gasteiger partial charge in [-0.3, -0.25) is 4.21 Å². The standard InChI is InChI=1S/C9H17NOS/c1-3-5-6-7-10-8-9-12(11)4-2/h10H,4,6-9H2,1-2H3. The highest BCUT2D eigenvalue weighted by Crippen LogP contribution is 1.79. The first kappa shape index (κ1) is 11.7. The van der Waals surface area contributed by atoms with Gasteiger partial charge in [-0.25, -0.2) is 0 Å². The topological polar surface area (TPSA) is 29.1 Å². The molecule has 12 heavy (non-hydrogen) atoms. The molecule has 0 bridgehead atoms. The largest absolute Gasteiger partial charge is 0.315 e. The Kier molecular flexibility index (Phi) is 8.52. The number of nitrogens with one attached hydrogen (secondary N) is 1. The summed E-state index contributed by atoms with van der Waals surface area (Å²) < 4.78 is 10.9. The number of hydrogen-bond donors (Lipinski definition) is 1. The van der Waals surface area contributed by atoms with Gasteiger partial charge in [0.1, 0.15) is 0 Å². The molecular formula is C9H17NOS. The van der Waals surface area contributed by atoms with Crippen molar-refractivity contribution in [2.24, 2.45) is 0 Å². The second kappa shape index (κ2) is 8.76. The zero-order chi connectivity index (χ0) is 9.23. The molecule has 0 aliphatic heterocycles. The lowest BCUT2D eigenvalue weighted by atomic mass is 10.4. The van der Waals surface area contributed by atoms with E-state index in [-0.39, 0.29) is 0 Å². The van der Waals surface area contributed by atoms with E-state index in [0.717, 1.165) is 31.0 Å². The Morgan fingerprint density at radius 2 is 2.17 bits per heavy atom. The summed E-state index contributed by atoms with van der Waals surface area (Å²) >= 11 is 0. The Labute approximate surface area is 77.6 Å². The highest BCUT2D eigenvalue weighted by atomic mass is 32.2. The van der Waals surface area contributed by atoms with Crippen molar-refractivity contribution in [3.63, 3.8) is 0 Å². The molecule has 0 rings (SSSR count). The second-order valence-corrected chi connectivity index (χ2v) is 4.22. The van der Waals surface area contributed by atoms with Crippen LogP contribution in [0.5, 0.6) is 0 Å². The molecule has 0 fully saturated rings. The smallest absolute Gasteiger partial charge is 0.0359 e. The molecule has 2 nitrogen and oxygen atoms in total. The van der Waals surface area contributed by atoms with Crippen LogP contribution in [0.3, 0.4) is 0 Å². The first-order valence-electron chi connectivity index (χ1n) is 4.26. The van der Waals surface area contributed by atoms with Crippen molar-refractivity contribution in [1.82, 2.24) is 5.32 Å². The van der Waals surface area contributed by atoms with Crippen molar-refractivity contribution in [3.8, 4) is 11.8 Å². The Morgan fingerprint density at radius 3 is 2.75 bits per heavy atom. The summed E-state index contributed by atoms with van der Waals surface area (Å²) in [7, 11) is -0.633. The van der Waals surface area contributed by atoms with Crippen LogP contribution in [0.4, 0.5) is 0 Å². The zero-order valence-electron chi connectivity index (χ0n) is 7.85. The molecule has 0 spiro atoms. The van der Waals surface area contributed by atoms with Gasteiger partial charge in [-0.2, -0.15) is 0 Å². The van der Waals surface area contributed by atoms with Crippen LogP contribution in [0, 0.1) is 11.8 Å². The lowest BCUT2D eigenvalue weighted by Crippen LogP contribution is -2.21. The van der Waals surface area contributed by atoms with Crippen molar-refractivity contribution in [2.45, 2.75) is 20.3 Å². The molecule has 0 radical (unpaired) electrons. The fourth-order valence-electron chi connectivity index (χ4n) is 0.731. The van der Waals surface area contributed by atoms with Crippen molar-refractivity contribution >= 4 is 10.8 Å². The maximum atomic E-state index is 10.9. The Bertz CT molecular complexity index is 181. The molecule has 0 aromatic rings. The summed E-state index contributed by atoms with van der Waals surface area (Å²) in [5, 5.41) is 3.19. The fraction of sp³-hybridized carbons (Fsp3) is 0.778. The Hall–Kier alpha value is -0.330. The van der Waals surface area contributed by atoms with Crippen LogP contribution in [0.15, 0.2) is 0 Å². The Balaban J connectivity index is 3.09. The van der Waals surface area contributed by atoms with Crippen LogP contribution in [-0.4, -0.2) is 28.8 Å². The lowest BCUT2D eigenvalue weighted by molar-refractivity contribution is 0.675. The predicted octanol–water partition coefficient (Wildman–Crippen LogP) is 0.758. The summed E-state index contributed by atoms with van der Waals surface area (Å²) in [5.41, 5.74) is 0. The molecule has 3 heteroatoms. The normalized spacial score (nSPS) is 11.8. The third-order valence-corrected chi connectivity index (χ3v) is 2.74. The molecule has 70 valence electrons. The molecule has 0 heterocycles. The molecule has 0 aliphatic rings. The van der Waals surface area contributed by atoms with Crippen LogP contribution in [0.2, 0.25) is 0 Å². The lowest BCUT2D eigenvalue weighted by Gasteiger charge is -2.00. The van der Waals surface area contributed by atoms with Gasteiger partial charge in [-0.05, 0) is 6.92 Å². The molecule has 0 saturated carbocycles. The van der Waals surface area contributed by atoms with Crippen molar-refractivity contribution in [3.05, 3.63) is 0 Å². The van der Waals surface area contributed by atoms with E-state index in [0.29, 0.717) is 0 Å². The summed E-state index contributed by atoms with van der Waals surface area (Å²) in [6.07, 6.45) is 0.884. The van der Waals surface area contributed by atoms with E-state index in [1.165, 1.54) is 0 Å². The van der Waals surface area contributed by atoms with E-state index in [9.17, 15) is 4.21 Å². The maximum Gasteiger partial charge on any atom is 0.0359 e. The molecule has 1 N–H and O–H groups in total. The Morgan fingerprint density at radius 1 is 1.42 bits per heavy atom. The fourth-order valence-corrected chi connectivity index (χ4v) is 1.39. The minimum absolute atomic E-state index is 0.633. The first-order chi connectivity index (χ1) is 5.81. The molecule has 0 amide bonds. The van der Waals surface area contributed by atoms with Gasteiger partial charge in [0.25, 0.3) is 0 Å². The zero-order valence-corrected chi connectivity index (χ0v) is 8.67. The molecule has 1 unspecified atom stereocenters. The van der Waals surface area contributed by atoms with Crippen molar-refractivity contribution in [2.75, 3.05) is 24.6 Å². The monoisotopic (exact) mass is 187 g/mol. The molecular weight excluding hydrogens is 170 g/mol. The number of hydrogen-bond acceptors (Lipinski definition) is 2. The highest BCUT2D eigenvalue weighted by molar-refractivity contribution is 7.84. The van der Waals surface area contributed by atoms with Crippen LogP contribution >= 0.6 is 0 Å². The second-order valence-electron chi connectivity index (χ2n) is 2.36. The van der Waals surface area contributed by atoms with E-state index in [1.54, 1.807) is 0 Å². The van der Waals surface area contributed by atoms with Crippen molar-refractivity contribution < 1.29 is 4.21 Å². The highest BCUT2D eigenvalue weighted by Gasteiger charge is 1.93. The molecule has 0 saturated heterocycles. The minimum Gasteiger partial charge on any atom is -0.315 e. The van der Waals surface area contributed by atoms with E-state index < -0.39 is 10.8 Å². The maximum absolute atomic E-state index is 10.9. The van der Waals surface area contributed by atoms with Gasteiger partial charge in [0.15, 0.2) is 0 Å². The van der Waals surface area contributed by atoms with Crippen LogP contribution < -0.4 is 5.32 Å². The summed E-state index contributed by atoms with van der Waals surface area (Å²) in [4.78, 5) is 0. The van der Waals surface area contributed by atoms with Gasteiger partial charge in [0, 0.05) is 41.8 Å². The quantitative estimate of drug-likeness (QED) is 0.491. The summed E-state index contributed by atoms with van der Waals surface area (Å²) in [6.45, 7) is 5.53. The molecule has 0 aliphatic carbocycles. The third kappa shape index (κ3) is 7.77. The van der Waals surface area contributed by atoms with E-state index in [4.69, 9.17) is 0 Å². The van der Waals surface area contributed by atoms with E-state index in [1.807, 2.05) is 13.8 Å².